The van der Waals surface area contributed by atoms with Crippen LogP contribution < -0.4 is 4.74 Å². The molecule has 0 amide bonds. The van der Waals surface area contributed by atoms with E-state index in [9.17, 15) is 0 Å². The Morgan fingerprint density at radius 2 is 2.12 bits per heavy atom. The molecule has 1 aromatic heterocycles. The van der Waals surface area contributed by atoms with Crippen molar-refractivity contribution in [3.8, 4) is 5.88 Å². The Morgan fingerprint density at radius 3 is 2.88 bits per heavy atom. The first-order valence-electron chi connectivity index (χ1n) is 5.81. The summed E-state index contributed by atoms with van der Waals surface area (Å²) in [6, 6.07) is 1.67. The molecule has 1 aliphatic rings. The van der Waals surface area contributed by atoms with Gasteiger partial charge in [0.2, 0.25) is 5.88 Å². The van der Waals surface area contributed by atoms with Crippen LogP contribution in [0.4, 0.5) is 0 Å². The van der Waals surface area contributed by atoms with Crippen molar-refractivity contribution in [1.82, 2.24) is 9.97 Å². The molecule has 16 heavy (non-hydrogen) atoms. The second-order valence-electron chi connectivity index (χ2n) is 4.60. The number of rotatable bonds is 2. The summed E-state index contributed by atoms with van der Waals surface area (Å²) in [5, 5.41) is 0.432. The molecule has 2 rings (SSSR count). The molecule has 1 saturated carbocycles. The highest BCUT2D eigenvalue weighted by atomic mass is 35.5. The smallest absolute Gasteiger partial charge is 0.218 e. The van der Waals surface area contributed by atoms with E-state index >= 15 is 0 Å². The van der Waals surface area contributed by atoms with Gasteiger partial charge in [-0.2, -0.15) is 0 Å². The maximum absolute atomic E-state index is 5.88. The van der Waals surface area contributed by atoms with Crippen molar-refractivity contribution in [1.29, 1.82) is 0 Å². The number of nitrogens with zero attached hydrogens (tertiary/aromatic N) is 2. The molecule has 0 spiro atoms. The van der Waals surface area contributed by atoms with Gasteiger partial charge in [0.25, 0.3) is 0 Å². The Labute approximate surface area is 101 Å². The molecular weight excluding hydrogens is 224 g/mol. The Hall–Kier alpha value is -0.830. The highest BCUT2D eigenvalue weighted by Gasteiger charge is 2.28. The van der Waals surface area contributed by atoms with Crippen LogP contribution in [0.5, 0.6) is 5.88 Å². The lowest BCUT2D eigenvalue weighted by Gasteiger charge is -2.33. The predicted octanol–water partition coefficient (Wildman–Crippen LogP) is 3.33. The minimum Gasteiger partial charge on any atom is -0.474 e. The Balaban J connectivity index is 2.03. The molecule has 0 N–H and O–H groups in total. The number of hydrogen-bond acceptors (Lipinski definition) is 3. The lowest BCUT2D eigenvalue weighted by Crippen LogP contribution is -2.33. The summed E-state index contributed by atoms with van der Waals surface area (Å²) in [5.74, 6) is 1.88. The second-order valence-corrected chi connectivity index (χ2v) is 4.99. The van der Waals surface area contributed by atoms with Gasteiger partial charge in [-0.1, -0.05) is 31.9 Å². The highest BCUT2D eigenvalue weighted by molar-refractivity contribution is 6.29. The molecule has 3 unspecified atom stereocenters. The average molecular weight is 241 g/mol. The van der Waals surface area contributed by atoms with Gasteiger partial charge in [-0.25, -0.2) is 9.97 Å². The number of hydrogen-bond donors (Lipinski definition) is 0. The summed E-state index contributed by atoms with van der Waals surface area (Å²) < 4.78 is 5.88. The van der Waals surface area contributed by atoms with Crippen molar-refractivity contribution in [2.75, 3.05) is 0 Å². The third-order valence-corrected chi connectivity index (χ3v) is 3.72. The molecular formula is C12H17ClN2O. The van der Waals surface area contributed by atoms with E-state index in [1.165, 1.54) is 19.2 Å². The molecule has 4 heteroatoms. The van der Waals surface area contributed by atoms with Crippen LogP contribution in [0.15, 0.2) is 12.4 Å². The SMILES string of the molecule is CC1CCCC(Oc2cc(Cl)ncn2)C1C. The normalized spacial score (nSPS) is 30.1. The fourth-order valence-electron chi connectivity index (χ4n) is 2.24. The standard InChI is InChI=1S/C12H17ClN2O/c1-8-4-3-5-10(9(8)2)16-12-6-11(13)14-7-15-12/h6-10H,3-5H2,1-2H3. The molecule has 0 radical (unpaired) electrons. The van der Waals surface area contributed by atoms with Gasteiger partial charge in [0.15, 0.2) is 0 Å². The molecule has 0 saturated heterocycles. The first-order valence-corrected chi connectivity index (χ1v) is 6.19. The molecule has 1 heterocycles. The van der Waals surface area contributed by atoms with Crippen LogP contribution in [0.1, 0.15) is 33.1 Å². The first kappa shape index (κ1) is 11.6. The molecule has 1 aromatic rings. The molecule has 0 aromatic carbocycles. The topological polar surface area (TPSA) is 35.0 Å². The summed E-state index contributed by atoms with van der Waals surface area (Å²) >= 11 is 5.80. The van der Waals surface area contributed by atoms with Crippen LogP contribution in [0.25, 0.3) is 0 Å². The van der Waals surface area contributed by atoms with Crippen LogP contribution in [-0.2, 0) is 0 Å². The Morgan fingerprint density at radius 1 is 1.31 bits per heavy atom. The Kier molecular flexibility index (Phi) is 3.64. The Bertz CT molecular complexity index is 359. The molecule has 3 atom stereocenters. The van der Waals surface area contributed by atoms with Crippen molar-refractivity contribution in [2.24, 2.45) is 11.8 Å². The minimum absolute atomic E-state index is 0.259. The van der Waals surface area contributed by atoms with Crippen LogP contribution in [0, 0.1) is 11.8 Å². The number of aromatic nitrogens is 2. The zero-order valence-corrected chi connectivity index (χ0v) is 10.4. The fourth-order valence-corrected chi connectivity index (χ4v) is 2.37. The van der Waals surface area contributed by atoms with E-state index in [4.69, 9.17) is 16.3 Å². The van der Waals surface area contributed by atoms with E-state index in [0.29, 0.717) is 17.0 Å². The van der Waals surface area contributed by atoms with Crippen molar-refractivity contribution in [3.05, 3.63) is 17.5 Å². The maximum atomic E-state index is 5.88. The van der Waals surface area contributed by atoms with Crippen molar-refractivity contribution >= 4 is 11.6 Å². The summed E-state index contributed by atoms with van der Waals surface area (Å²) in [4.78, 5) is 7.92. The minimum atomic E-state index is 0.259. The van der Waals surface area contributed by atoms with Gasteiger partial charge >= 0.3 is 0 Å². The molecule has 88 valence electrons. The van der Waals surface area contributed by atoms with E-state index in [2.05, 4.69) is 23.8 Å². The molecule has 3 nitrogen and oxygen atoms in total. The molecule has 0 bridgehead atoms. The molecule has 1 fully saturated rings. The molecule has 0 aliphatic heterocycles. The van der Waals surface area contributed by atoms with Crippen LogP contribution in [0.3, 0.4) is 0 Å². The number of halogens is 1. The van der Waals surface area contributed by atoms with Crippen molar-refractivity contribution < 1.29 is 4.74 Å². The maximum Gasteiger partial charge on any atom is 0.218 e. The predicted molar refractivity (Wildman–Crippen MR) is 63.6 cm³/mol. The van der Waals surface area contributed by atoms with Gasteiger partial charge in [0.05, 0.1) is 0 Å². The third kappa shape index (κ3) is 2.64. The summed E-state index contributed by atoms with van der Waals surface area (Å²) in [6.07, 6.45) is 5.33. The zero-order valence-electron chi connectivity index (χ0n) is 9.69. The second kappa shape index (κ2) is 5.00. The van der Waals surface area contributed by atoms with E-state index in [0.717, 1.165) is 12.3 Å². The van der Waals surface area contributed by atoms with Crippen LogP contribution in [0.2, 0.25) is 5.15 Å². The monoisotopic (exact) mass is 240 g/mol. The first-order chi connectivity index (χ1) is 7.66. The third-order valence-electron chi connectivity index (χ3n) is 3.51. The average Bonchev–Trinajstić information content (AvgIpc) is 2.25. The van der Waals surface area contributed by atoms with Crippen LogP contribution in [-0.4, -0.2) is 16.1 Å². The largest absolute Gasteiger partial charge is 0.474 e. The van der Waals surface area contributed by atoms with Gasteiger partial charge in [-0.05, 0) is 24.7 Å². The lowest BCUT2D eigenvalue weighted by molar-refractivity contribution is 0.0652. The summed E-state index contributed by atoms with van der Waals surface area (Å²) in [5.41, 5.74) is 0. The van der Waals surface area contributed by atoms with E-state index in [1.807, 2.05) is 0 Å². The lowest BCUT2D eigenvalue weighted by atomic mass is 9.79. The van der Waals surface area contributed by atoms with Crippen molar-refractivity contribution in [3.63, 3.8) is 0 Å². The fraction of sp³-hybridized carbons (Fsp3) is 0.667. The summed E-state index contributed by atoms with van der Waals surface area (Å²) in [6.45, 7) is 4.53. The summed E-state index contributed by atoms with van der Waals surface area (Å²) in [7, 11) is 0. The zero-order chi connectivity index (χ0) is 11.5. The van der Waals surface area contributed by atoms with Crippen molar-refractivity contribution in [2.45, 2.75) is 39.2 Å². The van der Waals surface area contributed by atoms with Gasteiger partial charge in [-0.15, -0.1) is 0 Å². The quantitative estimate of drug-likeness (QED) is 0.744. The van der Waals surface area contributed by atoms with E-state index < -0.39 is 0 Å². The van der Waals surface area contributed by atoms with Gasteiger partial charge < -0.3 is 4.74 Å². The van der Waals surface area contributed by atoms with Crippen LogP contribution >= 0.6 is 11.6 Å². The van der Waals surface area contributed by atoms with Gasteiger partial charge in [0.1, 0.15) is 17.6 Å². The number of ether oxygens (including phenoxy) is 1. The highest BCUT2D eigenvalue weighted by Crippen LogP contribution is 2.32. The van der Waals surface area contributed by atoms with Gasteiger partial charge in [0, 0.05) is 6.07 Å². The van der Waals surface area contributed by atoms with E-state index in [1.54, 1.807) is 6.07 Å². The molecule has 1 aliphatic carbocycles. The van der Waals surface area contributed by atoms with E-state index in [-0.39, 0.29) is 6.10 Å². The van der Waals surface area contributed by atoms with Gasteiger partial charge in [-0.3, -0.25) is 0 Å².